The molecule has 45 heavy (non-hydrogen) atoms. The Labute approximate surface area is 261 Å². The Morgan fingerprint density at radius 3 is 2.31 bits per heavy atom. The summed E-state index contributed by atoms with van der Waals surface area (Å²) in [5.41, 5.74) is 0.433. The Balaban J connectivity index is 1.42. The molecular weight excluding hydrogens is 571 g/mol. The number of fused-ring (bicyclic) bond motifs is 4. The second-order valence-electron chi connectivity index (χ2n) is 12.6. The van der Waals surface area contributed by atoms with E-state index in [-0.39, 0.29) is 24.8 Å². The monoisotopic (exact) mass is 606 g/mol. The van der Waals surface area contributed by atoms with Gasteiger partial charge in [-0.3, -0.25) is 14.5 Å². The Bertz CT molecular complexity index is 1790. The number of halogens is 1. The van der Waals surface area contributed by atoms with Gasteiger partial charge in [0.1, 0.15) is 11.4 Å². The molecule has 3 aliphatic heterocycles. The first-order valence-electron chi connectivity index (χ1n) is 15.3. The molecule has 0 saturated carbocycles. The highest BCUT2D eigenvalue weighted by Crippen LogP contribution is 2.59. The van der Waals surface area contributed by atoms with Gasteiger partial charge in [-0.2, -0.15) is 0 Å². The highest BCUT2D eigenvalue weighted by molar-refractivity contribution is 6.15. The van der Waals surface area contributed by atoms with Gasteiger partial charge in [0, 0.05) is 29.7 Å². The van der Waals surface area contributed by atoms with Crippen LogP contribution in [0.4, 0.5) is 21.5 Å². The molecule has 4 aromatic carbocycles. The number of aliphatic hydroxyl groups excluding tert-OH is 1. The Morgan fingerprint density at radius 2 is 1.58 bits per heavy atom. The van der Waals surface area contributed by atoms with Gasteiger partial charge < -0.3 is 19.5 Å². The molecule has 0 radical (unpaired) electrons. The quantitative estimate of drug-likeness (QED) is 0.249. The van der Waals surface area contributed by atoms with Gasteiger partial charge in [0.2, 0.25) is 0 Å². The fraction of sp³-hybridized carbons (Fsp3) is 0.297. The van der Waals surface area contributed by atoms with Crippen molar-refractivity contribution in [1.29, 1.82) is 0 Å². The van der Waals surface area contributed by atoms with Crippen LogP contribution in [0.15, 0.2) is 97.1 Å². The standard InChI is InChI=1S/C37H35FN2O5/c1-23-33(36(2,3)38)32(19-20-41)45-37(23)27-21-25(17-18-28(27)39(35(37)43)22-24-11-5-4-6-12-24)40-29-14-8-10-16-31(29)44-30-15-9-7-13-26(30)34(40)42/h4-18,21,23,32-33,41H,19-20,22H2,1-3H3/t23-,32+,33-,37+/m1/s1. The summed E-state index contributed by atoms with van der Waals surface area (Å²) in [6.07, 6.45) is -0.500. The lowest BCUT2D eigenvalue weighted by molar-refractivity contribution is -0.146. The van der Waals surface area contributed by atoms with E-state index in [2.05, 4.69) is 0 Å². The molecule has 8 heteroatoms. The number of ether oxygens (including phenoxy) is 2. The molecule has 1 fully saturated rings. The number of alkyl halides is 1. The van der Waals surface area contributed by atoms with Crippen LogP contribution in [0.3, 0.4) is 0 Å². The zero-order valence-electron chi connectivity index (χ0n) is 25.4. The first-order chi connectivity index (χ1) is 21.6. The number of carbonyl (C=O) groups is 2. The fourth-order valence-electron chi connectivity index (χ4n) is 7.56. The molecular formula is C37H35FN2O5. The molecule has 3 aliphatic rings. The Kier molecular flexibility index (Phi) is 7.02. The van der Waals surface area contributed by atoms with Crippen molar-refractivity contribution in [2.45, 2.75) is 51.1 Å². The van der Waals surface area contributed by atoms with Crippen molar-refractivity contribution in [3.8, 4) is 11.5 Å². The van der Waals surface area contributed by atoms with Crippen LogP contribution in [-0.4, -0.2) is 35.3 Å². The van der Waals surface area contributed by atoms with Crippen LogP contribution in [-0.2, 0) is 21.7 Å². The third kappa shape index (κ3) is 4.54. The average molecular weight is 607 g/mol. The van der Waals surface area contributed by atoms with Crippen molar-refractivity contribution >= 4 is 28.9 Å². The topological polar surface area (TPSA) is 79.3 Å². The lowest BCUT2D eigenvalue weighted by Crippen LogP contribution is -2.45. The van der Waals surface area contributed by atoms with Crippen molar-refractivity contribution in [2.24, 2.45) is 11.8 Å². The maximum absolute atomic E-state index is 15.9. The molecule has 230 valence electrons. The Hall–Kier alpha value is -4.53. The summed E-state index contributed by atoms with van der Waals surface area (Å²) in [5, 5.41) is 9.93. The van der Waals surface area contributed by atoms with Gasteiger partial charge in [-0.1, -0.05) is 61.5 Å². The molecule has 0 bridgehead atoms. The summed E-state index contributed by atoms with van der Waals surface area (Å²) < 4.78 is 28.8. The summed E-state index contributed by atoms with van der Waals surface area (Å²) in [6, 6.07) is 29.6. The fourth-order valence-corrected chi connectivity index (χ4v) is 7.56. The summed E-state index contributed by atoms with van der Waals surface area (Å²) in [5.74, 6) is -0.837. The number of hydrogen-bond acceptors (Lipinski definition) is 5. The second kappa shape index (κ2) is 10.8. The van der Waals surface area contributed by atoms with E-state index in [1.165, 1.54) is 13.8 Å². The van der Waals surface area contributed by atoms with Crippen molar-refractivity contribution < 1.29 is 28.6 Å². The van der Waals surface area contributed by atoms with E-state index < -0.39 is 29.2 Å². The zero-order valence-corrected chi connectivity index (χ0v) is 25.4. The van der Waals surface area contributed by atoms with E-state index in [4.69, 9.17) is 9.47 Å². The predicted molar refractivity (Wildman–Crippen MR) is 170 cm³/mol. The van der Waals surface area contributed by atoms with Crippen LogP contribution in [0.25, 0.3) is 0 Å². The summed E-state index contributed by atoms with van der Waals surface area (Å²) >= 11 is 0. The summed E-state index contributed by atoms with van der Waals surface area (Å²) in [4.78, 5) is 32.2. The molecule has 7 rings (SSSR count). The van der Waals surface area contributed by atoms with Gasteiger partial charge >= 0.3 is 0 Å². The molecule has 4 atom stereocenters. The minimum atomic E-state index is -1.69. The van der Waals surface area contributed by atoms with Crippen LogP contribution < -0.4 is 14.5 Å². The molecule has 0 aromatic heterocycles. The number of nitrogens with zero attached hydrogens (tertiary/aromatic N) is 2. The highest BCUT2D eigenvalue weighted by atomic mass is 19.1. The third-order valence-corrected chi connectivity index (χ3v) is 9.45. The zero-order chi connectivity index (χ0) is 31.5. The number of rotatable bonds is 6. The smallest absolute Gasteiger partial charge is 0.266 e. The van der Waals surface area contributed by atoms with Gasteiger partial charge in [0.15, 0.2) is 11.4 Å². The first kappa shape index (κ1) is 29.2. The Morgan fingerprint density at radius 1 is 0.889 bits per heavy atom. The molecule has 4 aromatic rings. The first-order valence-corrected chi connectivity index (χ1v) is 15.3. The second-order valence-corrected chi connectivity index (χ2v) is 12.6. The van der Waals surface area contributed by atoms with Gasteiger partial charge in [-0.15, -0.1) is 0 Å². The molecule has 1 saturated heterocycles. The van der Waals surface area contributed by atoms with Crippen LogP contribution >= 0.6 is 0 Å². The van der Waals surface area contributed by atoms with E-state index >= 15 is 4.39 Å². The van der Waals surface area contributed by atoms with E-state index in [0.717, 1.165) is 5.56 Å². The van der Waals surface area contributed by atoms with E-state index in [1.807, 2.05) is 85.8 Å². The molecule has 2 amide bonds. The van der Waals surface area contributed by atoms with Gasteiger partial charge in [-0.05, 0) is 68.3 Å². The minimum Gasteiger partial charge on any atom is -0.454 e. The third-order valence-electron chi connectivity index (χ3n) is 9.45. The van der Waals surface area contributed by atoms with Gasteiger partial charge in [-0.25, -0.2) is 4.39 Å². The number of anilines is 3. The normalized spacial score (nSPS) is 23.9. The van der Waals surface area contributed by atoms with E-state index in [0.29, 0.717) is 46.2 Å². The summed E-state index contributed by atoms with van der Waals surface area (Å²) in [7, 11) is 0. The van der Waals surface area contributed by atoms with Crippen molar-refractivity contribution in [3.63, 3.8) is 0 Å². The molecule has 0 aliphatic carbocycles. The maximum Gasteiger partial charge on any atom is 0.266 e. The molecule has 3 heterocycles. The van der Waals surface area contributed by atoms with Gasteiger partial charge in [0.05, 0.1) is 29.6 Å². The van der Waals surface area contributed by atoms with Crippen molar-refractivity contribution in [1.82, 2.24) is 0 Å². The van der Waals surface area contributed by atoms with Gasteiger partial charge in [0.25, 0.3) is 11.8 Å². The number of para-hydroxylation sites is 3. The van der Waals surface area contributed by atoms with Crippen molar-refractivity contribution in [3.05, 3.63) is 114 Å². The molecule has 0 unspecified atom stereocenters. The molecule has 1 spiro atoms. The maximum atomic E-state index is 15.9. The number of carbonyl (C=O) groups excluding carboxylic acids is 2. The molecule has 1 N–H and O–H groups in total. The number of benzene rings is 4. The predicted octanol–water partition coefficient (Wildman–Crippen LogP) is 7.29. The summed E-state index contributed by atoms with van der Waals surface area (Å²) in [6.45, 7) is 4.96. The SMILES string of the molecule is C[C@@H]1[C@@H](C(C)(C)F)[C@H](CCO)O[C@@]12C(=O)N(Cc1ccccc1)c1ccc(N3C(=O)c4ccccc4Oc4ccccc43)cc12. The van der Waals surface area contributed by atoms with Crippen LogP contribution in [0.5, 0.6) is 11.5 Å². The highest BCUT2D eigenvalue weighted by Gasteiger charge is 2.66. The van der Waals surface area contributed by atoms with E-state index in [9.17, 15) is 14.7 Å². The lowest BCUT2D eigenvalue weighted by Gasteiger charge is -2.32. The largest absolute Gasteiger partial charge is 0.454 e. The van der Waals surface area contributed by atoms with Crippen LogP contribution in [0.2, 0.25) is 0 Å². The molecule has 7 nitrogen and oxygen atoms in total. The van der Waals surface area contributed by atoms with E-state index in [1.54, 1.807) is 28.0 Å². The van der Waals surface area contributed by atoms with Crippen molar-refractivity contribution in [2.75, 3.05) is 16.4 Å². The number of aliphatic hydroxyl groups is 1. The van der Waals surface area contributed by atoms with Crippen LogP contribution in [0, 0.1) is 11.8 Å². The average Bonchev–Trinajstić information content (AvgIpc) is 3.39. The number of hydrogen-bond donors (Lipinski definition) is 1. The number of amides is 2. The minimum absolute atomic E-state index is 0.192. The van der Waals surface area contributed by atoms with Crippen LogP contribution in [0.1, 0.15) is 48.7 Å². The lowest BCUT2D eigenvalue weighted by atomic mass is 9.71.